The molecular formula is C17H20Cl3N3O4. The molecule has 0 radical (unpaired) electrons. The number of amides is 2. The molecule has 1 saturated heterocycles. The number of rotatable bonds is 7. The summed E-state index contributed by atoms with van der Waals surface area (Å²) in [5, 5.41) is 6.46. The lowest BCUT2D eigenvalue weighted by molar-refractivity contribution is -0.151. The van der Waals surface area contributed by atoms with Crippen molar-refractivity contribution in [1.82, 2.24) is 10.2 Å². The summed E-state index contributed by atoms with van der Waals surface area (Å²) in [6, 6.07) is 2.09. The molecule has 1 aliphatic rings. The van der Waals surface area contributed by atoms with E-state index < -0.39 is 12.0 Å². The van der Waals surface area contributed by atoms with Crippen molar-refractivity contribution in [3.05, 3.63) is 27.2 Å². The first-order chi connectivity index (χ1) is 12.8. The van der Waals surface area contributed by atoms with Crippen molar-refractivity contribution >= 4 is 58.3 Å². The van der Waals surface area contributed by atoms with Gasteiger partial charge in [-0.15, -0.1) is 0 Å². The van der Waals surface area contributed by atoms with Crippen LogP contribution in [0.4, 0.5) is 5.69 Å². The molecule has 0 bridgehead atoms. The van der Waals surface area contributed by atoms with Crippen molar-refractivity contribution in [2.75, 3.05) is 31.6 Å². The molecule has 1 atom stereocenters. The molecule has 10 heteroatoms. The van der Waals surface area contributed by atoms with Crippen molar-refractivity contribution in [2.45, 2.75) is 25.8 Å². The monoisotopic (exact) mass is 435 g/mol. The average molecular weight is 437 g/mol. The van der Waals surface area contributed by atoms with Crippen molar-refractivity contribution in [2.24, 2.45) is 0 Å². The standard InChI is InChI=1S/C17H20Cl3N3O4/c1-2-5-27-16(25)8-14-17(26)21-3-4-23(14)15(24)9-22-13-7-11(19)10(18)6-12(13)20/h6-7,14,22H,2-5,8-9H2,1H3,(H,21,26). The molecule has 0 spiro atoms. The molecule has 0 saturated carbocycles. The van der Waals surface area contributed by atoms with Gasteiger partial charge in [0.15, 0.2) is 0 Å². The molecule has 27 heavy (non-hydrogen) atoms. The van der Waals surface area contributed by atoms with E-state index >= 15 is 0 Å². The van der Waals surface area contributed by atoms with Gasteiger partial charge in [0.2, 0.25) is 11.8 Å². The van der Waals surface area contributed by atoms with Gasteiger partial charge in [-0.1, -0.05) is 41.7 Å². The fourth-order valence-corrected chi connectivity index (χ4v) is 3.19. The topological polar surface area (TPSA) is 87.7 Å². The molecule has 1 unspecified atom stereocenters. The van der Waals surface area contributed by atoms with Crippen molar-refractivity contribution in [1.29, 1.82) is 0 Å². The lowest BCUT2D eigenvalue weighted by atomic mass is 10.1. The van der Waals surface area contributed by atoms with Crippen molar-refractivity contribution in [3.63, 3.8) is 0 Å². The van der Waals surface area contributed by atoms with E-state index in [1.54, 1.807) is 0 Å². The highest BCUT2D eigenvalue weighted by atomic mass is 35.5. The molecule has 1 heterocycles. The number of hydrogen-bond donors (Lipinski definition) is 2. The SMILES string of the molecule is CCCOC(=O)CC1C(=O)NCCN1C(=O)CNc1cc(Cl)c(Cl)cc1Cl. The Bertz CT molecular complexity index is 730. The highest BCUT2D eigenvalue weighted by Gasteiger charge is 2.35. The van der Waals surface area contributed by atoms with Crippen LogP contribution in [0.2, 0.25) is 15.1 Å². The molecule has 1 fully saturated rings. The summed E-state index contributed by atoms with van der Waals surface area (Å²) >= 11 is 17.9. The van der Waals surface area contributed by atoms with E-state index in [4.69, 9.17) is 39.5 Å². The predicted octanol–water partition coefficient (Wildman–Crippen LogP) is 2.73. The summed E-state index contributed by atoms with van der Waals surface area (Å²) in [7, 11) is 0. The van der Waals surface area contributed by atoms with Crippen molar-refractivity contribution < 1.29 is 19.1 Å². The van der Waals surface area contributed by atoms with Crippen molar-refractivity contribution in [3.8, 4) is 0 Å². The molecule has 2 N–H and O–H groups in total. The Morgan fingerprint density at radius 1 is 1.26 bits per heavy atom. The fraction of sp³-hybridized carbons (Fsp3) is 0.471. The second-order valence-corrected chi connectivity index (χ2v) is 7.14. The van der Waals surface area contributed by atoms with Gasteiger partial charge in [0.05, 0.1) is 40.3 Å². The number of benzene rings is 1. The molecule has 1 aliphatic heterocycles. The number of piperazine rings is 1. The minimum absolute atomic E-state index is 0.120. The molecule has 148 valence electrons. The number of hydrogen-bond acceptors (Lipinski definition) is 5. The van der Waals surface area contributed by atoms with Crippen LogP contribution in [0.25, 0.3) is 0 Å². The second kappa shape index (κ2) is 10.0. The zero-order valence-corrected chi connectivity index (χ0v) is 17.0. The lowest BCUT2D eigenvalue weighted by Crippen LogP contribution is -2.58. The minimum Gasteiger partial charge on any atom is -0.466 e. The van der Waals surface area contributed by atoms with E-state index in [1.807, 2.05) is 6.92 Å². The van der Waals surface area contributed by atoms with Gasteiger partial charge in [0, 0.05) is 13.1 Å². The van der Waals surface area contributed by atoms with Crippen LogP contribution in [-0.2, 0) is 19.1 Å². The van der Waals surface area contributed by atoms with E-state index in [2.05, 4.69) is 10.6 Å². The highest BCUT2D eigenvalue weighted by Crippen LogP contribution is 2.32. The highest BCUT2D eigenvalue weighted by molar-refractivity contribution is 6.44. The van der Waals surface area contributed by atoms with Crippen LogP contribution >= 0.6 is 34.8 Å². The van der Waals surface area contributed by atoms with Crippen LogP contribution in [0, 0.1) is 0 Å². The van der Waals surface area contributed by atoms with Gasteiger partial charge < -0.3 is 20.3 Å². The van der Waals surface area contributed by atoms with Gasteiger partial charge in [-0.2, -0.15) is 0 Å². The predicted molar refractivity (Wildman–Crippen MR) is 104 cm³/mol. The van der Waals surface area contributed by atoms with Crippen LogP contribution in [-0.4, -0.2) is 55.0 Å². The quantitative estimate of drug-likeness (QED) is 0.507. The smallest absolute Gasteiger partial charge is 0.308 e. The maximum atomic E-state index is 12.6. The first-order valence-electron chi connectivity index (χ1n) is 8.44. The molecule has 1 aromatic rings. The van der Waals surface area contributed by atoms with E-state index in [9.17, 15) is 14.4 Å². The Hall–Kier alpha value is -1.70. The first-order valence-corrected chi connectivity index (χ1v) is 9.58. The van der Waals surface area contributed by atoms with Gasteiger partial charge in [0.25, 0.3) is 0 Å². The van der Waals surface area contributed by atoms with E-state index in [-0.39, 0.29) is 31.4 Å². The third-order valence-electron chi connectivity index (χ3n) is 3.92. The zero-order valence-electron chi connectivity index (χ0n) is 14.7. The summed E-state index contributed by atoms with van der Waals surface area (Å²) in [5.41, 5.74) is 0.444. The van der Waals surface area contributed by atoms with E-state index in [0.29, 0.717) is 40.3 Å². The molecular weight excluding hydrogens is 417 g/mol. The Morgan fingerprint density at radius 2 is 1.96 bits per heavy atom. The van der Waals surface area contributed by atoms with Gasteiger partial charge in [-0.3, -0.25) is 14.4 Å². The molecule has 7 nitrogen and oxygen atoms in total. The normalized spacial score (nSPS) is 16.7. The fourth-order valence-electron chi connectivity index (χ4n) is 2.58. The number of nitrogens with zero attached hydrogens (tertiary/aromatic N) is 1. The molecule has 0 aliphatic carbocycles. The number of halogens is 3. The zero-order chi connectivity index (χ0) is 20.0. The summed E-state index contributed by atoms with van der Waals surface area (Å²) < 4.78 is 5.02. The Morgan fingerprint density at radius 3 is 2.67 bits per heavy atom. The Labute approximate surface area is 172 Å². The maximum Gasteiger partial charge on any atom is 0.308 e. The summed E-state index contributed by atoms with van der Waals surface area (Å²) in [5.74, 6) is -1.24. The summed E-state index contributed by atoms with van der Waals surface area (Å²) in [6.07, 6.45) is 0.491. The first kappa shape index (κ1) is 21.6. The number of ether oxygens (including phenoxy) is 1. The van der Waals surface area contributed by atoms with Crippen LogP contribution in [0.3, 0.4) is 0 Å². The van der Waals surface area contributed by atoms with Gasteiger partial charge in [-0.05, 0) is 18.6 Å². The third kappa shape index (κ3) is 5.89. The van der Waals surface area contributed by atoms with E-state index in [0.717, 1.165) is 0 Å². The number of carbonyl (C=O) groups excluding carboxylic acids is 3. The van der Waals surface area contributed by atoms with Gasteiger partial charge in [-0.25, -0.2) is 0 Å². The molecule has 2 amide bonds. The summed E-state index contributed by atoms with van der Waals surface area (Å²) in [6.45, 7) is 2.64. The largest absolute Gasteiger partial charge is 0.466 e. The number of anilines is 1. The minimum atomic E-state index is -0.901. The van der Waals surface area contributed by atoms with Crippen LogP contribution in [0.15, 0.2) is 12.1 Å². The Kier molecular flexibility index (Phi) is 8.01. The molecule has 2 rings (SSSR count). The third-order valence-corrected chi connectivity index (χ3v) is 4.95. The van der Waals surface area contributed by atoms with Crippen LogP contribution in [0.1, 0.15) is 19.8 Å². The van der Waals surface area contributed by atoms with Gasteiger partial charge in [0.1, 0.15) is 6.04 Å². The van der Waals surface area contributed by atoms with Crippen LogP contribution in [0.5, 0.6) is 0 Å². The van der Waals surface area contributed by atoms with Crippen LogP contribution < -0.4 is 10.6 Å². The average Bonchev–Trinajstić information content (AvgIpc) is 2.63. The molecule has 1 aromatic carbocycles. The second-order valence-electron chi connectivity index (χ2n) is 5.92. The summed E-state index contributed by atoms with van der Waals surface area (Å²) in [4.78, 5) is 38.0. The van der Waals surface area contributed by atoms with Gasteiger partial charge >= 0.3 is 5.97 Å². The number of nitrogens with one attached hydrogen (secondary N) is 2. The number of esters is 1. The number of carbonyl (C=O) groups is 3. The Balaban J connectivity index is 2.02. The maximum absolute atomic E-state index is 12.6. The lowest BCUT2D eigenvalue weighted by Gasteiger charge is -2.34. The molecule has 0 aromatic heterocycles. The van der Waals surface area contributed by atoms with E-state index in [1.165, 1.54) is 17.0 Å².